The maximum atomic E-state index is 9.09. The van der Waals surface area contributed by atoms with Crippen molar-refractivity contribution in [2.24, 2.45) is 0 Å². The molecule has 3 aromatic heterocycles. The van der Waals surface area contributed by atoms with Crippen molar-refractivity contribution in [3.63, 3.8) is 0 Å². The fourth-order valence-corrected chi connectivity index (χ4v) is 4.56. The van der Waals surface area contributed by atoms with Gasteiger partial charge >= 0.3 is 6.01 Å². The minimum atomic E-state index is 0.180. The summed E-state index contributed by atoms with van der Waals surface area (Å²) in [7, 11) is 2.11. The van der Waals surface area contributed by atoms with Gasteiger partial charge in [-0.25, -0.2) is 4.98 Å². The molecule has 1 aliphatic heterocycles. The van der Waals surface area contributed by atoms with E-state index in [-0.39, 0.29) is 6.01 Å². The van der Waals surface area contributed by atoms with Crippen LogP contribution in [-0.2, 0) is 0 Å². The zero-order valence-electron chi connectivity index (χ0n) is 18.1. The van der Waals surface area contributed by atoms with Gasteiger partial charge in [0, 0.05) is 48.8 Å². The number of hydrogen-bond acceptors (Lipinski definition) is 9. The number of aryl methyl sites for hydroxylation is 1. The summed E-state index contributed by atoms with van der Waals surface area (Å²) in [5.41, 5.74) is 1.96. The summed E-state index contributed by atoms with van der Waals surface area (Å²) < 4.78 is 6.07. The van der Waals surface area contributed by atoms with Gasteiger partial charge in [-0.3, -0.25) is 0 Å². The van der Waals surface area contributed by atoms with E-state index in [2.05, 4.69) is 48.2 Å². The molecular formula is C22H21ClN8OS. The van der Waals surface area contributed by atoms with E-state index in [1.807, 2.05) is 25.1 Å². The lowest BCUT2D eigenvalue weighted by atomic mass is 10.2. The fourth-order valence-electron chi connectivity index (χ4n) is 3.68. The number of hydrogen-bond donors (Lipinski definition) is 2. The van der Waals surface area contributed by atoms with E-state index in [0.717, 1.165) is 48.6 Å². The highest BCUT2D eigenvalue weighted by atomic mass is 35.5. The van der Waals surface area contributed by atoms with Gasteiger partial charge < -0.3 is 24.8 Å². The average Bonchev–Trinajstić information content (AvgIpc) is 3.42. The molecule has 5 rings (SSSR count). The van der Waals surface area contributed by atoms with E-state index in [1.54, 1.807) is 6.07 Å². The normalized spacial score (nSPS) is 14.4. The molecule has 4 aromatic rings. The Labute approximate surface area is 199 Å². The minimum Gasteiger partial charge on any atom is -0.423 e. The van der Waals surface area contributed by atoms with Gasteiger partial charge in [0.1, 0.15) is 28.3 Å². The van der Waals surface area contributed by atoms with Crippen molar-refractivity contribution < 1.29 is 4.74 Å². The van der Waals surface area contributed by atoms with Crippen LogP contribution >= 0.6 is 22.9 Å². The average molecular weight is 481 g/mol. The molecule has 0 unspecified atom stereocenters. The van der Waals surface area contributed by atoms with Crippen LogP contribution in [0.15, 0.2) is 30.5 Å². The van der Waals surface area contributed by atoms with Gasteiger partial charge in [-0.15, -0.1) is 0 Å². The molecule has 4 heterocycles. The van der Waals surface area contributed by atoms with E-state index in [9.17, 15) is 0 Å². The third-order valence-electron chi connectivity index (χ3n) is 5.41. The van der Waals surface area contributed by atoms with Crippen molar-refractivity contribution in [1.29, 1.82) is 5.26 Å². The lowest BCUT2D eigenvalue weighted by Crippen LogP contribution is -2.44. The molecule has 33 heavy (non-hydrogen) atoms. The lowest BCUT2D eigenvalue weighted by Gasteiger charge is -2.33. The number of thiazole rings is 1. The van der Waals surface area contributed by atoms with Gasteiger partial charge in [-0.05, 0) is 32.2 Å². The maximum Gasteiger partial charge on any atom is 0.325 e. The van der Waals surface area contributed by atoms with E-state index < -0.39 is 0 Å². The molecule has 2 N–H and O–H groups in total. The number of aromatic nitrogens is 4. The molecule has 0 atom stereocenters. The molecule has 1 saturated heterocycles. The highest BCUT2D eigenvalue weighted by Gasteiger charge is 2.19. The number of nitrogens with one attached hydrogen (secondary N) is 2. The Balaban J connectivity index is 1.49. The second-order valence-corrected chi connectivity index (χ2v) is 9.25. The predicted molar refractivity (Wildman–Crippen MR) is 130 cm³/mol. The van der Waals surface area contributed by atoms with E-state index in [4.69, 9.17) is 21.6 Å². The number of H-pyrrole nitrogens is 1. The largest absolute Gasteiger partial charge is 0.423 e. The molecule has 0 radical (unpaired) electrons. The van der Waals surface area contributed by atoms with Crippen molar-refractivity contribution >= 4 is 50.6 Å². The fraction of sp³-hybridized carbons (Fsp3) is 0.273. The Hall–Kier alpha value is -3.39. The summed E-state index contributed by atoms with van der Waals surface area (Å²) in [6, 6.07) is 9.85. The highest BCUT2D eigenvalue weighted by molar-refractivity contribution is 7.16. The zero-order valence-corrected chi connectivity index (χ0v) is 19.7. The van der Waals surface area contributed by atoms with Crippen molar-refractivity contribution in [3.05, 3.63) is 46.1 Å². The first-order valence-corrected chi connectivity index (χ1v) is 11.6. The Bertz CT molecular complexity index is 1350. The third-order valence-corrected chi connectivity index (χ3v) is 6.62. The van der Waals surface area contributed by atoms with Gasteiger partial charge in [0.25, 0.3) is 0 Å². The van der Waals surface area contributed by atoms with Crippen LogP contribution in [0.1, 0.15) is 10.6 Å². The number of nitrogens with zero attached hydrogens (tertiary/aromatic N) is 6. The Morgan fingerprint density at radius 3 is 2.79 bits per heavy atom. The van der Waals surface area contributed by atoms with Crippen LogP contribution in [0, 0.1) is 18.3 Å². The van der Waals surface area contributed by atoms with E-state index in [0.29, 0.717) is 26.6 Å². The van der Waals surface area contributed by atoms with Crippen LogP contribution < -0.4 is 15.0 Å². The third kappa shape index (κ3) is 4.57. The van der Waals surface area contributed by atoms with E-state index >= 15 is 0 Å². The number of piperazine rings is 1. The SMILES string of the molecule is Cc1cc2c(Cl)c(Oc3nc(Nc4ncc(C#N)s4)cc(N4CCN(C)CC4)n3)ccc2[nH]1. The topological polar surface area (TPSA) is 106 Å². The summed E-state index contributed by atoms with van der Waals surface area (Å²) in [6.45, 7) is 5.55. The first kappa shape index (κ1) is 21.5. The van der Waals surface area contributed by atoms with Crippen LogP contribution in [0.2, 0.25) is 5.02 Å². The van der Waals surface area contributed by atoms with Gasteiger partial charge in [0.2, 0.25) is 0 Å². The number of halogens is 1. The predicted octanol–water partition coefficient (Wildman–Crippen LogP) is 4.54. The molecule has 0 saturated carbocycles. The standard InChI is InChI=1S/C22H21ClN8OS/c1-13-9-15-16(26-13)3-4-17(20(15)23)32-21-27-18(28-22-25-12-14(11-24)33-22)10-19(29-21)31-7-5-30(2)6-8-31/h3-4,9-10,12,26H,5-8H2,1-2H3,(H,25,27,28,29). The monoisotopic (exact) mass is 480 g/mol. The number of nitriles is 1. The smallest absolute Gasteiger partial charge is 0.325 e. The Kier molecular flexibility index (Phi) is 5.76. The first-order valence-electron chi connectivity index (χ1n) is 10.4. The summed E-state index contributed by atoms with van der Waals surface area (Å²) in [6.07, 6.45) is 1.53. The first-order chi connectivity index (χ1) is 16.0. The van der Waals surface area contributed by atoms with Crippen LogP contribution in [0.3, 0.4) is 0 Å². The van der Waals surface area contributed by atoms with Crippen molar-refractivity contribution in [2.75, 3.05) is 43.4 Å². The number of ether oxygens (including phenoxy) is 1. The summed E-state index contributed by atoms with van der Waals surface area (Å²) >= 11 is 7.88. The number of fused-ring (bicyclic) bond motifs is 1. The van der Waals surface area contributed by atoms with Crippen molar-refractivity contribution in [1.82, 2.24) is 24.8 Å². The summed E-state index contributed by atoms with van der Waals surface area (Å²) in [5, 5.41) is 14.2. The zero-order chi connectivity index (χ0) is 22.9. The minimum absolute atomic E-state index is 0.180. The second-order valence-electron chi connectivity index (χ2n) is 7.84. The van der Waals surface area contributed by atoms with Crippen LogP contribution in [-0.4, -0.2) is 58.1 Å². The second kappa shape index (κ2) is 8.86. The lowest BCUT2D eigenvalue weighted by molar-refractivity contribution is 0.311. The molecule has 0 amide bonds. The summed E-state index contributed by atoms with van der Waals surface area (Å²) in [4.78, 5) is 21.7. The molecule has 9 nitrogen and oxygen atoms in total. The highest BCUT2D eigenvalue weighted by Crippen LogP contribution is 2.36. The summed E-state index contributed by atoms with van der Waals surface area (Å²) in [5.74, 6) is 1.76. The molecular weight excluding hydrogens is 460 g/mol. The quantitative estimate of drug-likeness (QED) is 0.429. The molecule has 1 fully saturated rings. The molecule has 0 spiro atoms. The molecule has 0 bridgehead atoms. The van der Waals surface area contributed by atoms with Gasteiger partial charge in [-0.1, -0.05) is 22.9 Å². The molecule has 11 heteroatoms. The number of aromatic amines is 1. The van der Waals surface area contributed by atoms with E-state index in [1.165, 1.54) is 17.5 Å². The van der Waals surface area contributed by atoms with Crippen molar-refractivity contribution in [3.8, 4) is 17.8 Å². The van der Waals surface area contributed by atoms with Gasteiger partial charge in [-0.2, -0.15) is 15.2 Å². The van der Waals surface area contributed by atoms with Gasteiger partial charge in [0.05, 0.1) is 11.2 Å². The Morgan fingerprint density at radius 1 is 1.21 bits per heavy atom. The van der Waals surface area contributed by atoms with Gasteiger partial charge in [0.15, 0.2) is 5.13 Å². The van der Waals surface area contributed by atoms with Crippen molar-refractivity contribution in [2.45, 2.75) is 6.92 Å². The molecule has 0 aliphatic carbocycles. The van der Waals surface area contributed by atoms with Crippen LogP contribution in [0.5, 0.6) is 11.8 Å². The molecule has 1 aliphatic rings. The Morgan fingerprint density at radius 2 is 2.03 bits per heavy atom. The molecule has 1 aromatic carbocycles. The maximum absolute atomic E-state index is 9.09. The number of anilines is 3. The molecule has 168 valence electrons. The van der Waals surface area contributed by atoms with Crippen LogP contribution in [0.25, 0.3) is 10.9 Å². The number of rotatable bonds is 5. The number of likely N-dealkylation sites (N-methyl/N-ethyl adjacent to an activating group) is 1. The number of benzene rings is 1. The van der Waals surface area contributed by atoms with Crippen LogP contribution in [0.4, 0.5) is 16.8 Å².